The summed E-state index contributed by atoms with van der Waals surface area (Å²) in [7, 11) is 1.50. The maximum atomic E-state index is 13.1. The minimum absolute atomic E-state index is 0.0467. The molecule has 39 heavy (non-hydrogen) atoms. The first-order valence-electron chi connectivity index (χ1n) is 12.9. The highest BCUT2D eigenvalue weighted by molar-refractivity contribution is 5.98. The molecular weight excluding hydrogens is 490 g/mol. The predicted octanol–water partition coefficient (Wildman–Crippen LogP) is 7.21. The van der Waals surface area contributed by atoms with E-state index in [1.54, 1.807) is 30.4 Å². The molecule has 0 radical (unpaired) electrons. The lowest BCUT2D eigenvalue weighted by molar-refractivity contribution is -0.132. The van der Waals surface area contributed by atoms with Gasteiger partial charge in [0.1, 0.15) is 12.4 Å². The van der Waals surface area contributed by atoms with Crippen molar-refractivity contribution in [3.8, 4) is 17.2 Å². The van der Waals surface area contributed by atoms with Gasteiger partial charge in [0.05, 0.1) is 7.11 Å². The van der Waals surface area contributed by atoms with Gasteiger partial charge in [-0.2, -0.15) is 0 Å². The van der Waals surface area contributed by atoms with Crippen LogP contribution in [0.15, 0.2) is 96.9 Å². The third-order valence-corrected chi connectivity index (χ3v) is 6.42. The van der Waals surface area contributed by atoms with E-state index in [4.69, 9.17) is 14.2 Å². The lowest BCUT2D eigenvalue weighted by Gasteiger charge is -2.20. The molecule has 4 rings (SSSR count). The van der Waals surface area contributed by atoms with Crippen molar-refractivity contribution >= 4 is 23.5 Å². The molecule has 6 nitrogen and oxygen atoms in total. The Morgan fingerprint density at radius 3 is 2.51 bits per heavy atom. The van der Waals surface area contributed by atoms with E-state index in [-0.39, 0.29) is 11.7 Å². The minimum Gasteiger partial charge on any atom is -0.493 e. The van der Waals surface area contributed by atoms with Crippen LogP contribution < -0.4 is 19.1 Å². The van der Waals surface area contributed by atoms with Gasteiger partial charge in [0.25, 0.3) is 0 Å². The van der Waals surface area contributed by atoms with Gasteiger partial charge in [-0.1, -0.05) is 55.0 Å². The standard InChI is InChI=1S/C33H33NO5/c1-23-8-7-19-34(21-23)28-13-15-29(16-14-28)38-22-27-9-5-6-10-30(27)24(2)31(36)17-11-26-12-18-32(37-4)33(20-26)39-25(3)35/h5-7,9-21,24H,8,22H2,1-4H3/b17-11+. The van der Waals surface area contributed by atoms with Gasteiger partial charge < -0.3 is 19.1 Å². The van der Waals surface area contributed by atoms with E-state index in [9.17, 15) is 9.59 Å². The zero-order valence-corrected chi connectivity index (χ0v) is 22.7. The number of ketones is 1. The van der Waals surface area contributed by atoms with Crippen LogP contribution in [0.1, 0.15) is 49.8 Å². The Morgan fingerprint density at radius 1 is 1.03 bits per heavy atom. The molecule has 1 heterocycles. The number of carbonyl (C=O) groups is 2. The third-order valence-electron chi connectivity index (χ3n) is 6.42. The van der Waals surface area contributed by atoms with Crippen LogP contribution in [0.5, 0.6) is 17.2 Å². The highest BCUT2D eigenvalue weighted by Gasteiger charge is 2.17. The van der Waals surface area contributed by atoms with Crippen LogP contribution in [0.3, 0.4) is 0 Å². The quantitative estimate of drug-likeness (QED) is 0.159. The first-order valence-corrected chi connectivity index (χ1v) is 12.9. The van der Waals surface area contributed by atoms with Gasteiger partial charge in [0.15, 0.2) is 17.3 Å². The zero-order valence-electron chi connectivity index (χ0n) is 22.7. The Kier molecular flexibility index (Phi) is 9.00. The molecule has 1 atom stereocenters. The summed E-state index contributed by atoms with van der Waals surface area (Å²) in [6.45, 7) is 5.69. The molecule has 0 saturated carbocycles. The first-order chi connectivity index (χ1) is 18.8. The summed E-state index contributed by atoms with van der Waals surface area (Å²) in [4.78, 5) is 26.6. The van der Waals surface area contributed by atoms with Crippen LogP contribution in [-0.2, 0) is 16.2 Å². The molecule has 0 N–H and O–H groups in total. The molecule has 1 aliphatic rings. The maximum absolute atomic E-state index is 13.1. The highest BCUT2D eigenvalue weighted by Crippen LogP contribution is 2.30. The second-order valence-electron chi connectivity index (χ2n) is 9.41. The molecule has 0 saturated heterocycles. The minimum atomic E-state index is -0.444. The average Bonchev–Trinajstić information content (AvgIpc) is 2.94. The molecule has 0 amide bonds. The summed E-state index contributed by atoms with van der Waals surface area (Å²) in [5, 5.41) is 0. The van der Waals surface area contributed by atoms with Crippen LogP contribution in [0.25, 0.3) is 6.08 Å². The van der Waals surface area contributed by atoms with Crippen LogP contribution in [0.2, 0.25) is 0 Å². The molecule has 1 aliphatic heterocycles. The highest BCUT2D eigenvalue weighted by atomic mass is 16.6. The molecule has 6 heteroatoms. The van der Waals surface area contributed by atoms with Gasteiger partial charge in [0.2, 0.25) is 0 Å². The van der Waals surface area contributed by atoms with E-state index < -0.39 is 5.97 Å². The molecular formula is C33H33NO5. The average molecular weight is 524 g/mol. The Balaban J connectivity index is 1.42. The van der Waals surface area contributed by atoms with Crippen molar-refractivity contribution in [3.05, 3.63) is 114 Å². The summed E-state index contributed by atoms with van der Waals surface area (Å²) >= 11 is 0. The van der Waals surface area contributed by atoms with Crippen LogP contribution >= 0.6 is 0 Å². The van der Waals surface area contributed by atoms with Crippen LogP contribution in [0.4, 0.5) is 5.69 Å². The SMILES string of the molecule is COc1ccc(/C=C/C(=O)C(C)c2ccccc2COc2ccc(N3C=CCC(C)=C3)cc2)cc1OC(C)=O. The molecule has 0 fully saturated rings. The monoisotopic (exact) mass is 523 g/mol. The summed E-state index contributed by atoms with van der Waals surface area (Å²) in [6.07, 6.45) is 10.6. The number of carbonyl (C=O) groups excluding carboxylic acids is 2. The van der Waals surface area contributed by atoms with Gasteiger partial charge in [-0.3, -0.25) is 9.59 Å². The molecule has 3 aromatic rings. The fourth-order valence-corrected chi connectivity index (χ4v) is 4.32. The van der Waals surface area contributed by atoms with Crippen LogP contribution in [0, 0.1) is 0 Å². The van der Waals surface area contributed by atoms with Crippen molar-refractivity contribution in [2.45, 2.75) is 39.7 Å². The van der Waals surface area contributed by atoms with Crippen molar-refractivity contribution < 1.29 is 23.8 Å². The molecule has 0 bridgehead atoms. The largest absolute Gasteiger partial charge is 0.493 e. The molecule has 0 aromatic heterocycles. The fraction of sp³-hybridized carbons (Fsp3) is 0.212. The lowest BCUT2D eigenvalue weighted by Crippen LogP contribution is -2.11. The molecule has 3 aromatic carbocycles. The summed E-state index contributed by atoms with van der Waals surface area (Å²) in [5.74, 6) is 0.658. The fourth-order valence-electron chi connectivity index (χ4n) is 4.32. The Labute approximate surface area is 229 Å². The van der Waals surface area contributed by atoms with E-state index in [1.165, 1.54) is 19.6 Å². The molecule has 0 spiro atoms. The van der Waals surface area contributed by atoms with Gasteiger partial charge in [0, 0.05) is 30.9 Å². The number of nitrogens with zero attached hydrogens (tertiary/aromatic N) is 1. The number of ether oxygens (including phenoxy) is 3. The number of benzene rings is 3. The number of hydrogen-bond donors (Lipinski definition) is 0. The van der Waals surface area contributed by atoms with Crippen LogP contribution in [-0.4, -0.2) is 18.9 Å². The molecule has 200 valence electrons. The zero-order chi connectivity index (χ0) is 27.8. The Bertz CT molecular complexity index is 1420. The van der Waals surface area contributed by atoms with Crippen molar-refractivity contribution in [1.82, 2.24) is 0 Å². The Hall–Kier alpha value is -4.58. The van der Waals surface area contributed by atoms with Crippen molar-refractivity contribution in [3.63, 3.8) is 0 Å². The molecule has 1 unspecified atom stereocenters. The maximum Gasteiger partial charge on any atom is 0.308 e. The Morgan fingerprint density at radius 2 is 1.79 bits per heavy atom. The van der Waals surface area contributed by atoms with E-state index in [0.717, 1.165) is 34.5 Å². The normalized spacial score (nSPS) is 13.6. The number of anilines is 1. The number of rotatable bonds is 10. The van der Waals surface area contributed by atoms with Gasteiger partial charge in [-0.25, -0.2) is 0 Å². The van der Waals surface area contributed by atoms with Gasteiger partial charge in [-0.05, 0) is 72.5 Å². The number of allylic oxidation sites excluding steroid dienone is 3. The predicted molar refractivity (Wildman–Crippen MR) is 154 cm³/mol. The lowest BCUT2D eigenvalue weighted by atomic mass is 9.92. The van der Waals surface area contributed by atoms with E-state index in [1.807, 2.05) is 55.5 Å². The van der Waals surface area contributed by atoms with Gasteiger partial charge in [-0.15, -0.1) is 0 Å². The molecule has 0 aliphatic carbocycles. The summed E-state index contributed by atoms with van der Waals surface area (Å²) in [6, 6.07) is 21.0. The number of hydrogen-bond acceptors (Lipinski definition) is 6. The van der Waals surface area contributed by atoms with E-state index in [2.05, 4.69) is 30.3 Å². The van der Waals surface area contributed by atoms with Gasteiger partial charge >= 0.3 is 5.97 Å². The second-order valence-corrected chi connectivity index (χ2v) is 9.41. The second kappa shape index (κ2) is 12.8. The van der Waals surface area contributed by atoms with E-state index in [0.29, 0.717) is 18.1 Å². The third kappa shape index (κ3) is 7.26. The van der Waals surface area contributed by atoms with E-state index >= 15 is 0 Å². The van der Waals surface area contributed by atoms with Crippen molar-refractivity contribution in [1.29, 1.82) is 0 Å². The summed E-state index contributed by atoms with van der Waals surface area (Å²) in [5.41, 5.74) is 4.97. The number of esters is 1. The number of methoxy groups -OCH3 is 1. The first kappa shape index (κ1) is 27.5. The van der Waals surface area contributed by atoms with Crippen molar-refractivity contribution in [2.75, 3.05) is 12.0 Å². The smallest absolute Gasteiger partial charge is 0.308 e. The summed E-state index contributed by atoms with van der Waals surface area (Å²) < 4.78 is 16.5. The van der Waals surface area contributed by atoms with Crippen molar-refractivity contribution in [2.24, 2.45) is 0 Å². The topological polar surface area (TPSA) is 65.1 Å².